The zero-order valence-electron chi connectivity index (χ0n) is 20.4. The van der Waals surface area contributed by atoms with Crippen LogP contribution in [0.3, 0.4) is 0 Å². The number of fused-ring (bicyclic) bond motifs is 2. The first kappa shape index (κ1) is 23.8. The maximum absolute atomic E-state index is 13.9. The minimum atomic E-state index is -0.623. The molecule has 1 atom stereocenters. The molecule has 0 bridgehead atoms. The number of esters is 1. The summed E-state index contributed by atoms with van der Waals surface area (Å²) in [5.74, 6) is 0.250. The van der Waals surface area contributed by atoms with Crippen LogP contribution in [0.1, 0.15) is 37.9 Å². The van der Waals surface area contributed by atoms with Crippen LogP contribution in [-0.2, 0) is 9.53 Å². The molecule has 0 saturated carbocycles. The molecule has 3 aromatic carbocycles. The molecule has 2 heterocycles. The van der Waals surface area contributed by atoms with Gasteiger partial charge in [-0.15, -0.1) is 0 Å². The third kappa shape index (κ3) is 4.16. The van der Waals surface area contributed by atoms with E-state index in [-0.39, 0.29) is 12.2 Å². The molecule has 0 amide bonds. The molecule has 0 fully saturated rings. The number of carbonyl (C=O) groups excluding carboxylic acids is 1. The van der Waals surface area contributed by atoms with E-state index in [1.54, 1.807) is 18.4 Å². The van der Waals surface area contributed by atoms with Gasteiger partial charge in [0.15, 0.2) is 4.80 Å². The van der Waals surface area contributed by atoms with E-state index in [1.807, 2.05) is 79.7 Å². The Morgan fingerprint density at radius 1 is 1.03 bits per heavy atom. The number of aromatic nitrogens is 1. The standard InChI is InChI=1S/C29H26N2O4S/c1-4-34-23-16-15-19-11-9-10-14-21(19)22(23)17-24-27(32)31-26(20-12-7-6-8-13-20)25(28(33)35-5-2)18(3)30-29(31)36-24/h6-17,26H,4-5H2,1-3H3/b24-17+. The molecule has 1 unspecified atom stereocenters. The number of rotatable bonds is 6. The molecule has 5 rings (SSSR count). The Balaban J connectivity index is 1.77. The number of carbonyl (C=O) groups is 1. The second kappa shape index (κ2) is 9.95. The smallest absolute Gasteiger partial charge is 0.338 e. The molecule has 0 N–H and O–H groups in total. The van der Waals surface area contributed by atoms with Crippen molar-refractivity contribution in [1.82, 2.24) is 4.57 Å². The van der Waals surface area contributed by atoms with E-state index in [9.17, 15) is 9.59 Å². The summed E-state index contributed by atoms with van der Waals surface area (Å²) in [6.07, 6.45) is 1.88. The van der Waals surface area contributed by atoms with Gasteiger partial charge in [0.25, 0.3) is 5.56 Å². The highest BCUT2D eigenvalue weighted by atomic mass is 32.1. The highest BCUT2D eigenvalue weighted by Gasteiger charge is 2.33. The summed E-state index contributed by atoms with van der Waals surface area (Å²) < 4.78 is 13.4. The molecule has 1 aliphatic rings. The van der Waals surface area contributed by atoms with Crippen LogP contribution in [0.4, 0.5) is 0 Å². The topological polar surface area (TPSA) is 69.9 Å². The molecule has 0 spiro atoms. The van der Waals surface area contributed by atoms with Crippen molar-refractivity contribution in [3.8, 4) is 5.75 Å². The zero-order valence-corrected chi connectivity index (χ0v) is 21.2. The van der Waals surface area contributed by atoms with Crippen molar-refractivity contribution in [3.05, 3.63) is 109 Å². The Bertz CT molecular complexity index is 1670. The second-order valence-corrected chi connectivity index (χ2v) is 9.35. The lowest BCUT2D eigenvalue weighted by molar-refractivity contribution is -0.139. The molecule has 36 heavy (non-hydrogen) atoms. The fourth-order valence-corrected chi connectivity index (χ4v) is 5.61. The van der Waals surface area contributed by atoms with Gasteiger partial charge in [-0.05, 0) is 49.2 Å². The molecule has 1 aliphatic heterocycles. The molecule has 6 nitrogen and oxygen atoms in total. The second-order valence-electron chi connectivity index (χ2n) is 8.34. The van der Waals surface area contributed by atoms with Crippen LogP contribution in [0.2, 0.25) is 0 Å². The predicted octanol–water partition coefficient (Wildman–Crippen LogP) is 4.35. The fourth-order valence-electron chi connectivity index (χ4n) is 4.58. The summed E-state index contributed by atoms with van der Waals surface area (Å²) in [5.41, 5.74) is 2.38. The van der Waals surface area contributed by atoms with Crippen molar-refractivity contribution >= 4 is 34.2 Å². The quantitative estimate of drug-likeness (QED) is 0.371. The van der Waals surface area contributed by atoms with Gasteiger partial charge < -0.3 is 9.47 Å². The van der Waals surface area contributed by atoms with Crippen LogP contribution in [0, 0.1) is 0 Å². The molecule has 0 saturated heterocycles. The van der Waals surface area contributed by atoms with Gasteiger partial charge in [0.2, 0.25) is 0 Å². The number of benzene rings is 3. The molecule has 4 aromatic rings. The lowest BCUT2D eigenvalue weighted by Crippen LogP contribution is -2.39. The van der Waals surface area contributed by atoms with E-state index in [0.29, 0.717) is 33.0 Å². The van der Waals surface area contributed by atoms with Crippen molar-refractivity contribution in [2.24, 2.45) is 4.99 Å². The van der Waals surface area contributed by atoms with Crippen LogP contribution >= 0.6 is 11.3 Å². The van der Waals surface area contributed by atoms with Crippen molar-refractivity contribution in [2.75, 3.05) is 13.2 Å². The summed E-state index contributed by atoms with van der Waals surface area (Å²) in [7, 11) is 0. The fraction of sp³-hybridized carbons (Fsp3) is 0.207. The highest BCUT2D eigenvalue weighted by molar-refractivity contribution is 7.07. The van der Waals surface area contributed by atoms with E-state index in [2.05, 4.69) is 4.99 Å². The van der Waals surface area contributed by atoms with Crippen LogP contribution < -0.4 is 19.6 Å². The summed E-state index contributed by atoms with van der Waals surface area (Å²) in [4.78, 5) is 32.1. The van der Waals surface area contributed by atoms with Gasteiger partial charge in [-0.1, -0.05) is 72.0 Å². The van der Waals surface area contributed by atoms with Crippen molar-refractivity contribution < 1.29 is 14.3 Å². The Morgan fingerprint density at radius 3 is 2.53 bits per heavy atom. The van der Waals surface area contributed by atoms with Gasteiger partial charge in [-0.3, -0.25) is 9.36 Å². The van der Waals surface area contributed by atoms with Crippen molar-refractivity contribution in [2.45, 2.75) is 26.8 Å². The van der Waals surface area contributed by atoms with Gasteiger partial charge >= 0.3 is 5.97 Å². The summed E-state index contributed by atoms with van der Waals surface area (Å²) in [6.45, 7) is 6.24. The number of nitrogens with zero attached hydrogens (tertiary/aromatic N) is 2. The molecular weight excluding hydrogens is 472 g/mol. The number of ether oxygens (including phenoxy) is 2. The van der Waals surface area contributed by atoms with Crippen molar-refractivity contribution in [3.63, 3.8) is 0 Å². The Morgan fingerprint density at radius 2 is 1.78 bits per heavy atom. The Kier molecular flexibility index (Phi) is 6.57. The van der Waals surface area contributed by atoms with Gasteiger partial charge in [0, 0.05) is 5.56 Å². The summed E-state index contributed by atoms with van der Waals surface area (Å²) in [5, 5.41) is 2.06. The average Bonchev–Trinajstić information content (AvgIpc) is 3.19. The summed E-state index contributed by atoms with van der Waals surface area (Å²) in [6, 6.07) is 20.9. The van der Waals surface area contributed by atoms with E-state index < -0.39 is 12.0 Å². The SMILES string of the molecule is CCOC(=O)C1=C(C)N=c2s/c(=C/c3c(OCC)ccc4ccccc34)c(=O)n2C1c1ccccc1. The maximum Gasteiger partial charge on any atom is 0.338 e. The van der Waals surface area contributed by atoms with Gasteiger partial charge in [-0.2, -0.15) is 0 Å². The van der Waals surface area contributed by atoms with Crippen molar-refractivity contribution in [1.29, 1.82) is 0 Å². The van der Waals surface area contributed by atoms with E-state index in [4.69, 9.17) is 9.47 Å². The predicted molar refractivity (Wildman–Crippen MR) is 142 cm³/mol. The molecular formula is C29H26N2O4S. The number of hydrogen-bond donors (Lipinski definition) is 0. The van der Waals surface area contributed by atoms with Gasteiger partial charge in [0.1, 0.15) is 5.75 Å². The van der Waals surface area contributed by atoms with Crippen LogP contribution in [0.15, 0.2) is 87.8 Å². The maximum atomic E-state index is 13.9. The van der Waals surface area contributed by atoms with E-state index >= 15 is 0 Å². The first-order valence-electron chi connectivity index (χ1n) is 11.9. The van der Waals surface area contributed by atoms with E-state index in [1.165, 1.54) is 11.3 Å². The Hall–Kier alpha value is -3.97. The molecule has 0 aliphatic carbocycles. The normalized spacial score (nSPS) is 15.5. The summed E-state index contributed by atoms with van der Waals surface area (Å²) >= 11 is 1.31. The van der Waals surface area contributed by atoms with Gasteiger partial charge in [0.05, 0.1) is 35.1 Å². The van der Waals surface area contributed by atoms with Crippen LogP contribution in [0.25, 0.3) is 16.8 Å². The lowest BCUT2D eigenvalue weighted by atomic mass is 9.96. The van der Waals surface area contributed by atoms with Gasteiger partial charge in [-0.25, -0.2) is 9.79 Å². The van der Waals surface area contributed by atoms with Crippen LogP contribution in [0.5, 0.6) is 5.75 Å². The zero-order chi connectivity index (χ0) is 25.2. The number of thiazole rings is 1. The van der Waals surface area contributed by atoms with Crippen LogP contribution in [-0.4, -0.2) is 23.8 Å². The molecule has 1 aromatic heterocycles. The Labute approximate surface area is 212 Å². The minimum absolute atomic E-state index is 0.211. The number of allylic oxidation sites excluding steroid dienone is 1. The number of hydrogen-bond acceptors (Lipinski definition) is 6. The largest absolute Gasteiger partial charge is 0.493 e. The highest BCUT2D eigenvalue weighted by Crippen LogP contribution is 2.31. The first-order valence-corrected chi connectivity index (χ1v) is 12.7. The van der Waals surface area contributed by atoms with E-state index in [0.717, 1.165) is 21.9 Å². The monoisotopic (exact) mass is 498 g/mol. The third-order valence-electron chi connectivity index (χ3n) is 6.14. The molecule has 7 heteroatoms. The average molecular weight is 499 g/mol. The molecule has 0 radical (unpaired) electrons. The minimum Gasteiger partial charge on any atom is -0.493 e. The third-order valence-corrected chi connectivity index (χ3v) is 7.12. The molecule has 182 valence electrons. The first-order chi connectivity index (χ1) is 17.5. The lowest BCUT2D eigenvalue weighted by Gasteiger charge is -2.24.